The Hall–Kier alpha value is -3.71. The van der Waals surface area contributed by atoms with Crippen LogP contribution in [0.3, 0.4) is 0 Å². The summed E-state index contributed by atoms with van der Waals surface area (Å²) in [6.45, 7) is 4.59. The molecule has 0 aromatic rings. The van der Waals surface area contributed by atoms with Gasteiger partial charge < -0.3 is 23.8 Å². The number of allylic oxidation sites excluding steroid dienone is 2. The van der Waals surface area contributed by atoms with Crippen molar-refractivity contribution < 1.29 is 66.2 Å². The van der Waals surface area contributed by atoms with E-state index in [1.807, 2.05) is 0 Å². The molecule has 204 valence electrons. The van der Waals surface area contributed by atoms with E-state index in [0.29, 0.717) is 12.6 Å². The lowest BCUT2D eigenvalue weighted by atomic mass is 10.3. The fourth-order valence-electron chi connectivity index (χ4n) is 2.12. The van der Waals surface area contributed by atoms with Gasteiger partial charge >= 0.3 is 31.7 Å². The number of hydrogen-bond acceptors (Lipinski definition) is 13. The van der Waals surface area contributed by atoms with Crippen molar-refractivity contribution in [1.82, 2.24) is 0 Å². The van der Waals surface area contributed by atoms with E-state index in [4.69, 9.17) is 28.0 Å². The second kappa shape index (κ2) is 19.5. The van der Waals surface area contributed by atoms with Gasteiger partial charge in [0.05, 0.1) is 13.2 Å². The Kier molecular flexibility index (Phi) is 17.5. The first-order valence-electron chi connectivity index (χ1n) is 10.4. The molecule has 0 radical (unpaired) electrons. The summed E-state index contributed by atoms with van der Waals surface area (Å²) in [6.07, 6.45) is 2.61. The minimum Gasteiger partial charge on any atom is -0.462 e. The van der Waals surface area contributed by atoms with Gasteiger partial charge in [0.1, 0.15) is 38.0 Å². The van der Waals surface area contributed by atoms with Crippen LogP contribution in [0.5, 0.6) is 0 Å². The van der Waals surface area contributed by atoms with Gasteiger partial charge in [0.15, 0.2) is 0 Å². The van der Waals surface area contributed by atoms with Crippen molar-refractivity contribution in [1.29, 1.82) is 0 Å². The largest absolute Gasteiger partial charge is 0.472 e. The van der Waals surface area contributed by atoms with Crippen molar-refractivity contribution in [3.63, 3.8) is 0 Å². The third kappa shape index (κ3) is 18.3. The Balaban J connectivity index is 5.36. The number of carbonyl (C=O) groups is 6. The van der Waals surface area contributed by atoms with E-state index in [0.717, 1.165) is 36.5 Å². The van der Waals surface area contributed by atoms with E-state index in [2.05, 4.69) is 13.2 Å². The first-order chi connectivity index (χ1) is 17.6. The Morgan fingerprint density at radius 1 is 0.703 bits per heavy atom. The SMILES string of the molecule is C=CC(=O)OCCC(COC(=O)C=CC=O)OP(=O)(O)OC(CCOC(=O)C=C)COC(=O)C=CC=O. The highest BCUT2D eigenvalue weighted by atomic mass is 31.2. The van der Waals surface area contributed by atoms with Crippen molar-refractivity contribution in [2.75, 3.05) is 26.4 Å². The van der Waals surface area contributed by atoms with Crippen LogP contribution in [0, 0.1) is 0 Å². The summed E-state index contributed by atoms with van der Waals surface area (Å²) in [4.78, 5) is 76.5. The van der Waals surface area contributed by atoms with Gasteiger partial charge in [-0.15, -0.1) is 0 Å². The zero-order valence-electron chi connectivity index (χ0n) is 19.6. The van der Waals surface area contributed by atoms with E-state index in [1.54, 1.807) is 0 Å². The summed E-state index contributed by atoms with van der Waals surface area (Å²) in [7, 11) is -4.96. The van der Waals surface area contributed by atoms with Crippen molar-refractivity contribution in [3.8, 4) is 0 Å². The molecule has 0 saturated heterocycles. The summed E-state index contributed by atoms with van der Waals surface area (Å²) < 4.78 is 41.9. The van der Waals surface area contributed by atoms with Crippen molar-refractivity contribution >= 4 is 44.3 Å². The molecule has 0 heterocycles. The average molecular weight is 546 g/mol. The highest BCUT2D eigenvalue weighted by Crippen LogP contribution is 2.47. The van der Waals surface area contributed by atoms with E-state index in [-0.39, 0.29) is 26.1 Å². The van der Waals surface area contributed by atoms with Crippen LogP contribution in [0.15, 0.2) is 49.6 Å². The summed E-state index contributed by atoms with van der Waals surface area (Å²) in [5, 5.41) is 0. The predicted molar refractivity (Wildman–Crippen MR) is 123 cm³/mol. The third-order valence-electron chi connectivity index (χ3n) is 3.71. The molecule has 0 saturated carbocycles. The molecule has 0 amide bonds. The number of hydrogen-bond donors (Lipinski definition) is 1. The number of esters is 4. The molecule has 1 N–H and O–H groups in total. The molecule has 0 aromatic heterocycles. The fourth-order valence-corrected chi connectivity index (χ4v) is 3.25. The second-order valence-electron chi connectivity index (χ2n) is 6.49. The van der Waals surface area contributed by atoms with E-state index in [9.17, 15) is 38.2 Å². The van der Waals surface area contributed by atoms with Crippen LogP contribution >= 0.6 is 7.82 Å². The maximum atomic E-state index is 12.6. The molecule has 14 nitrogen and oxygen atoms in total. The molecule has 15 heteroatoms. The molecule has 0 aliphatic rings. The zero-order valence-corrected chi connectivity index (χ0v) is 20.5. The molecule has 0 bridgehead atoms. The summed E-state index contributed by atoms with van der Waals surface area (Å²) in [6, 6.07) is 0. The van der Waals surface area contributed by atoms with Crippen LogP contribution in [0.2, 0.25) is 0 Å². The minimum atomic E-state index is -4.96. The quantitative estimate of drug-likeness (QED) is 0.0736. The predicted octanol–water partition coefficient (Wildman–Crippen LogP) is 0.692. The summed E-state index contributed by atoms with van der Waals surface area (Å²) in [5.41, 5.74) is 0. The van der Waals surface area contributed by atoms with Crippen LogP contribution in [-0.2, 0) is 61.3 Å². The van der Waals surface area contributed by atoms with Gasteiger partial charge in [-0.3, -0.25) is 18.6 Å². The smallest absolute Gasteiger partial charge is 0.462 e. The molecule has 0 aromatic carbocycles. The van der Waals surface area contributed by atoms with Crippen molar-refractivity contribution in [3.05, 3.63) is 49.6 Å². The molecule has 2 atom stereocenters. The Labute approximate surface area is 212 Å². The Morgan fingerprint density at radius 2 is 1.08 bits per heavy atom. The summed E-state index contributed by atoms with van der Waals surface area (Å²) >= 11 is 0. The lowest BCUT2D eigenvalue weighted by molar-refractivity contribution is -0.144. The molecule has 0 aliphatic carbocycles. The lowest BCUT2D eigenvalue weighted by Gasteiger charge is -2.24. The third-order valence-corrected chi connectivity index (χ3v) is 4.84. The normalized spacial score (nSPS) is 14.1. The maximum Gasteiger partial charge on any atom is 0.472 e. The number of phosphoric ester groups is 1. The lowest BCUT2D eigenvalue weighted by Crippen LogP contribution is -2.27. The number of aldehydes is 2. The van der Waals surface area contributed by atoms with E-state index >= 15 is 0 Å². The first-order valence-corrected chi connectivity index (χ1v) is 11.9. The molecule has 0 fully saturated rings. The highest BCUT2D eigenvalue weighted by molar-refractivity contribution is 7.47. The van der Waals surface area contributed by atoms with Crippen LogP contribution in [-0.4, -0.2) is 80.0 Å². The fraction of sp³-hybridized carbons (Fsp3) is 0.364. The second-order valence-corrected chi connectivity index (χ2v) is 7.85. The van der Waals surface area contributed by atoms with Gasteiger partial charge in [0, 0.05) is 37.1 Å². The van der Waals surface area contributed by atoms with Gasteiger partial charge in [-0.25, -0.2) is 23.7 Å². The molecular weight excluding hydrogens is 519 g/mol. The van der Waals surface area contributed by atoms with Gasteiger partial charge in [0.25, 0.3) is 0 Å². The van der Waals surface area contributed by atoms with Crippen LogP contribution < -0.4 is 0 Å². The number of carbonyl (C=O) groups excluding carboxylic acids is 6. The molecular formula is C22H27O14P. The Morgan fingerprint density at radius 3 is 1.41 bits per heavy atom. The molecule has 37 heavy (non-hydrogen) atoms. The molecule has 0 spiro atoms. The molecule has 2 unspecified atom stereocenters. The van der Waals surface area contributed by atoms with Gasteiger partial charge in [0.2, 0.25) is 0 Å². The summed E-state index contributed by atoms with van der Waals surface area (Å²) in [5.74, 6) is -3.50. The maximum absolute atomic E-state index is 12.6. The van der Waals surface area contributed by atoms with Crippen molar-refractivity contribution in [2.24, 2.45) is 0 Å². The van der Waals surface area contributed by atoms with Gasteiger partial charge in [-0.2, -0.15) is 0 Å². The minimum absolute atomic E-state index is 0.231. The first kappa shape index (κ1) is 33.3. The average Bonchev–Trinajstić information content (AvgIpc) is 2.86. The van der Waals surface area contributed by atoms with Crippen molar-refractivity contribution in [2.45, 2.75) is 25.0 Å². The Bertz CT molecular complexity index is 852. The standard InChI is InChI=1S/C22H27O14P/c1-3-19(25)31-13-9-17(15-33-21(27)7-5-11-23)35-37(29,30)36-18(10-14-32-20(26)4-2)16-34-22(28)8-6-12-24/h3-8,11-12,17-18H,1-2,9-10,13-16H2,(H,29,30). The highest BCUT2D eigenvalue weighted by Gasteiger charge is 2.32. The molecule has 0 aliphatic heterocycles. The van der Waals surface area contributed by atoms with Gasteiger partial charge in [-0.1, -0.05) is 13.2 Å². The zero-order chi connectivity index (χ0) is 28.1. The van der Waals surface area contributed by atoms with Crippen LogP contribution in [0.25, 0.3) is 0 Å². The number of rotatable bonds is 20. The number of phosphoric acid groups is 1. The van der Waals surface area contributed by atoms with Crippen LogP contribution in [0.1, 0.15) is 12.8 Å². The monoisotopic (exact) mass is 546 g/mol. The van der Waals surface area contributed by atoms with E-state index in [1.165, 1.54) is 0 Å². The van der Waals surface area contributed by atoms with E-state index < -0.39 is 57.1 Å². The van der Waals surface area contributed by atoms with Crippen LogP contribution in [0.4, 0.5) is 0 Å². The topological polar surface area (TPSA) is 195 Å². The molecule has 0 rings (SSSR count). The van der Waals surface area contributed by atoms with Gasteiger partial charge in [-0.05, 0) is 12.2 Å². The number of ether oxygens (including phenoxy) is 4.